The van der Waals surface area contributed by atoms with Crippen molar-refractivity contribution in [1.29, 1.82) is 0 Å². The third-order valence-corrected chi connectivity index (χ3v) is 3.66. The minimum atomic E-state index is -0.569. The van der Waals surface area contributed by atoms with E-state index < -0.39 is 10.8 Å². The van der Waals surface area contributed by atoms with Gasteiger partial charge in [0, 0.05) is 18.7 Å². The Labute approximate surface area is 161 Å². The highest BCUT2D eigenvalue weighted by molar-refractivity contribution is 6.33. The highest BCUT2D eigenvalue weighted by Gasteiger charge is 2.12. The Kier molecular flexibility index (Phi) is 7.84. The van der Waals surface area contributed by atoms with Gasteiger partial charge in [-0.25, -0.2) is 0 Å². The van der Waals surface area contributed by atoms with Gasteiger partial charge >= 0.3 is 0 Å². The van der Waals surface area contributed by atoms with E-state index in [9.17, 15) is 14.9 Å². The van der Waals surface area contributed by atoms with Gasteiger partial charge < -0.3 is 19.5 Å². The molecule has 2 rings (SSSR count). The number of nitrogens with one attached hydrogen (secondary N) is 1. The average molecular weight is 395 g/mol. The maximum atomic E-state index is 12.0. The van der Waals surface area contributed by atoms with Gasteiger partial charge in [-0.05, 0) is 37.3 Å². The van der Waals surface area contributed by atoms with Crippen LogP contribution in [0.15, 0.2) is 42.5 Å². The Bertz CT molecular complexity index is 782. The van der Waals surface area contributed by atoms with Crippen molar-refractivity contribution >= 4 is 28.9 Å². The van der Waals surface area contributed by atoms with E-state index in [0.717, 1.165) is 0 Å². The molecular weight excluding hydrogens is 376 g/mol. The van der Waals surface area contributed by atoms with Crippen molar-refractivity contribution in [3.05, 3.63) is 57.6 Å². The third-order valence-electron chi connectivity index (χ3n) is 3.33. The Morgan fingerprint density at radius 2 is 1.78 bits per heavy atom. The molecule has 9 heteroatoms. The highest BCUT2D eigenvalue weighted by Crippen LogP contribution is 2.26. The first kappa shape index (κ1) is 20.5. The number of carbonyl (C=O) groups excluding carboxylic acids is 1. The van der Waals surface area contributed by atoms with Gasteiger partial charge in [0.15, 0.2) is 6.61 Å². The van der Waals surface area contributed by atoms with Gasteiger partial charge in [-0.15, -0.1) is 0 Å². The summed E-state index contributed by atoms with van der Waals surface area (Å²) in [5, 5.41) is 13.5. The van der Waals surface area contributed by atoms with Crippen LogP contribution in [-0.4, -0.2) is 37.3 Å². The number of amides is 1. The topological polar surface area (TPSA) is 99.9 Å². The van der Waals surface area contributed by atoms with Crippen molar-refractivity contribution in [1.82, 2.24) is 0 Å². The Morgan fingerprint density at radius 3 is 2.41 bits per heavy atom. The summed E-state index contributed by atoms with van der Waals surface area (Å²) in [7, 11) is 0. The van der Waals surface area contributed by atoms with Crippen molar-refractivity contribution in [2.45, 2.75) is 6.92 Å². The van der Waals surface area contributed by atoms with Gasteiger partial charge in [-0.1, -0.05) is 11.6 Å². The van der Waals surface area contributed by atoms with Gasteiger partial charge in [0.1, 0.15) is 18.1 Å². The Morgan fingerprint density at radius 1 is 1.11 bits per heavy atom. The lowest BCUT2D eigenvalue weighted by molar-refractivity contribution is -0.384. The maximum Gasteiger partial charge on any atom is 0.271 e. The monoisotopic (exact) mass is 394 g/mol. The number of rotatable bonds is 10. The van der Waals surface area contributed by atoms with Crippen LogP contribution >= 0.6 is 11.6 Å². The molecule has 1 N–H and O–H groups in total. The lowest BCUT2D eigenvalue weighted by Crippen LogP contribution is -2.20. The molecule has 144 valence electrons. The number of halogens is 1. The van der Waals surface area contributed by atoms with Crippen molar-refractivity contribution in [2.75, 3.05) is 31.7 Å². The molecule has 0 aliphatic heterocycles. The quantitative estimate of drug-likeness (QED) is 0.375. The number of hydrogen-bond donors (Lipinski definition) is 1. The summed E-state index contributed by atoms with van der Waals surface area (Å²) in [6.07, 6.45) is 0. The molecule has 1 amide bonds. The molecule has 0 saturated carbocycles. The van der Waals surface area contributed by atoms with Crippen molar-refractivity contribution in [3.63, 3.8) is 0 Å². The smallest absolute Gasteiger partial charge is 0.271 e. The van der Waals surface area contributed by atoms with Crippen LogP contribution in [-0.2, 0) is 9.53 Å². The predicted molar refractivity (Wildman–Crippen MR) is 101 cm³/mol. The minimum Gasteiger partial charge on any atom is -0.491 e. The van der Waals surface area contributed by atoms with Crippen LogP contribution in [0.1, 0.15) is 6.92 Å². The SMILES string of the molecule is CCOCCOc1ccc(OCC(=O)Nc2cc([N+](=O)[O-])ccc2Cl)cc1. The maximum absolute atomic E-state index is 12.0. The molecule has 0 aromatic heterocycles. The molecule has 0 heterocycles. The second kappa shape index (κ2) is 10.3. The minimum absolute atomic E-state index is 0.150. The molecule has 0 fully saturated rings. The van der Waals surface area contributed by atoms with Gasteiger partial charge in [0.2, 0.25) is 0 Å². The summed E-state index contributed by atoms with van der Waals surface area (Å²) < 4.78 is 16.0. The lowest BCUT2D eigenvalue weighted by Gasteiger charge is -2.10. The van der Waals surface area contributed by atoms with Crippen LogP contribution in [0.2, 0.25) is 5.02 Å². The molecular formula is C18H19ClN2O6. The number of anilines is 1. The van der Waals surface area contributed by atoms with E-state index in [0.29, 0.717) is 31.3 Å². The van der Waals surface area contributed by atoms with Gasteiger partial charge in [-0.3, -0.25) is 14.9 Å². The van der Waals surface area contributed by atoms with Crippen molar-refractivity contribution < 1.29 is 23.9 Å². The first-order chi connectivity index (χ1) is 13.0. The molecule has 8 nitrogen and oxygen atoms in total. The Hall–Kier alpha value is -2.84. The number of nitro groups is 1. The van der Waals surface area contributed by atoms with Crippen LogP contribution in [0, 0.1) is 10.1 Å². The summed E-state index contributed by atoms with van der Waals surface area (Å²) in [6.45, 7) is 3.23. The number of benzene rings is 2. The van der Waals surface area contributed by atoms with E-state index in [1.807, 2.05) is 6.92 Å². The zero-order valence-corrected chi connectivity index (χ0v) is 15.4. The van der Waals surface area contributed by atoms with Crippen LogP contribution in [0.25, 0.3) is 0 Å². The fraction of sp³-hybridized carbons (Fsp3) is 0.278. The van der Waals surface area contributed by atoms with Crippen molar-refractivity contribution in [2.24, 2.45) is 0 Å². The molecule has 0 spiro atoms. The summed E-state index contributed by atoms with van der Waals surface area (Å²) in [5.74, 6) is 0.650. The summed E-state index contributed by atoms with van der Waals surface area (Å²) in [6, 6.07) is 10.6. The molecule has 0 saturated heterocycles. The van der Waals surface area contributed by atoms with E-state index in [-0.39, 0.29) is 23.0 Å². The van der Waals surface area contributed by atoms with E-state index in [1.54, 1.807) is 24.3 Å². The first-order valence-corrected chi connectivity index (χ1v) is 8.54. The number of non-ortho nitro benzene ring substituents is 1. The van der Waals surface area contributed by atoms with Gasteiger partial charge in [-0.2, -0.15) is 0 Å². The van der Waals surface area contributed by atoms with Gasteiger partial charge in [0.05, 0.1) is 22.2 Å². The standard InChI is InChI=1S/C18H19ClN2O6/c1-2-25-9-10-26-14-4-6-15(7-5-14)27-12-18(22)20-17-11-13(21(23)24)3-8-16(17)19/h3-8,11H,2,9-10,12H2,1H3,(H,20,22). The third kappa shape index (κ3) is 6.76. The average Bonchev–Trinajstić information content (AvgIpc) is 2.66. The largest absolute Gasteiger partial charge is 0.491 e. The first-order valence-electron chi connectivity index (χ1n) is 8.16. The molecule has 0 aliphatic rings. The van der Waals surface area contributed by atoms with E-state index in [1.165, 1.54) is 18.2 Å². The predicted octanol–water partition coefficient (Wildman–Crippen LogP) is 3.68. The van der Waals surface area contributed by atoms with Crippen molar-refractivity contribution in [3.8, 4) is 11.5 Å². The molecule has 0 aliphatic carbocycles. The normalized spacial score (nSPS) is 10.3. The van der Waals surface area contributed by atoms with E-state index in [4.69, 9.17) is 25.8 Å². The number of hydrogen-bond acceptors (Lipinski definition) is 6. The summed E-state index contributed by atoms with van der Waals surface area (Å²) in [5.41, 5.74) is -0.0203. The molecule has 27 heavy (non-hydrogen) atoms. The van der Waals surface area contributed by atoms with E-state index >= 15 is 0 Å². The zero-order valence-electron chi connectivity index (χ0n) is 14.6. The van der Waals surface area contributed by atoms with E-state index in [2.05, 4.69) is 5.32 Å². The van der Waals surface area contributed by atoms with Crippen LogP contribution in [0.5, 0.6) is 11.5 Å². The van der Waals surface area contributed by atoms with Crippen LogP contribution in [0.4, 0.5) is 11.4 Å². The number of nitro benzene ring substituents is 1. The number of nitrogens with zero attached hydrogens (tertiary/aromatic N) is 1. The van der Waals surface area contributed by atoms with Crippen LogP contribution in [0.3, 0.4) is 0 Å². The highest BCUT2D eigenvalue weighted by atomic mass is 35.5. The lowest BCUT2D eigenvalue weighted by atomic mass is 10.3. The molecule has 0 atom stereocenters. The fourth-order valence-corrected chi connectivity index (χ4v) is 2.22. The summed E-state index contributed by atoms with van der Waals surface area (Å²) in [4.78, 5) is 22.2. The molecule has 2 aromatic carbocycles. The zero-order chi connectivity index (χ0) is 19.6. The molecule has 0 bridgehead atoms. The van der Waals surface area contributed by atoms with Crippen LogP contribution < -0.4 is 14.8 Å². The van der Waals surface area contributed by atoms with Gasteiger partial charge in [0.25, 0.3) is 11.6 Å². The molecule has 0 radical (unpaired) electrons. The number of carbonyl (C=O) groups is 1. The fourth-order valence-electron chi connectivity index (χ4n) is 2.05. The number of ether oxygens (including phenoxy) is 3. The Balaban J connectivity index is 1.83. The second-order valence-electron chi connectivity index (χ2n) is 5.27. The summed E-state index contributed by atoms with van der Waals surface area (Å²) >= 11 is 5.94. The second-order valence-corrected chi connectivity index (χ2v) is 5.68. The molecule has 0 unspecified atom stereocenters. The molecule has 2 aromatic rings.